The van der Waals surface area contributed by atoms with Crippen LogP contribution >= 0.6 is 0 Å². The highest BCUT2D eigenvalue weighted by Gasteiger charge is 2.34. The first-order valence-electron chi connectivity index (χ1n) is 16.4. The Kier molecular flexibility index (Phi) is 10.8. The number of likely N-dealkylation sites (tertiary alicyclic amines) is 1. The number of aromatic nitrogens is 1. The van der Waals surface area contributed by atoms with Gasteiger partial charge in [0.1, 0.15) is 25.1 Å². The maximum Gasteiger partial charge on any atom is 0.161 e. The second-order valence-corrected chi connectivity index (χ2v) is 12.3. The van der Waals surface area contributed by atoms with Crippen molar-refractivity contribution in [1.29, 1.82) is 0 Å². The average molecular weight is 618 g/mol. The number of hydrogen-bond donors (Lipinski definition) is 4. The van der Waals surface area contributed by atoms with Crippen molar-refractivity contribution >= 4 is 21.8 Å². The van der Waals surface area contributed by atoms with Gasteiger partial charge in [-0.2, -0.15) is 0 Å². The van der Waals surface area contributed by atoms with Gasteiger partial charge in [0.25, 0.3) is 0 Å². The van der Waals surface area contributed by atoms with E-state index in [1.807, 2.05) is 42.5 Å². The summed E-state index contributed by atoms with van der Waals surface area (Å²) in [7, 11) is 1.66. The van der Waals surface area contributed by atoms with Gasteiger partial charge in [-0.15, -0.1) is 0 Å². The number of methoxy groups -OCH3 is 1. The van der Waals surface area contributed by atoms with Gasteiger partial charge in [-0.25, -0.2) is 0 Å². The van der Waals surface area contributed by atoms with Crippen molar-refractivity contribution in [3.05, 3.63) is 66.2 Å². The predicted molar refractivity (Wildman–Crippen MR) is 177 cm³/mol. The summed E-state index contributed by atoms with van der Waals surface area (Å²) in [6.45, 7) is 4.00. The van der Waals surface area contributed by atoms with Crippen LogP contribution in [0, 0.1) is 0 Å². The highest BCUT2D eigenvalue weighted by molar-refractivity contribution is 6.10. The summed E-state index contributed by atoms with van der Waals surface area (Å²) < 4.78 is 24.0. The molecule has 6 rings (SSSR count). The van der Waals surface area contributed by atoms with E-state index < -0.39 is 6.10 Å². The Morgan fingerprint density at radius 1 is 0.933 bits per heavy atom. The van der Waals surface area contributed by atoms with Crippen LogP contribution in [0.1, 0.15) is 37.7 Å². The minimum Gasteiger partial charge on any atom is -0.493 e. The summed E-state index contributed by atoms with van der Waals surface area (Å²) >= 11 is 0. The number of para-hydroxylation sites is 1. The third kappa shape index (κ3) is 7.91. The molecule has 1 aromatic heterocycles. The van der Waals surface area contributed by atoms with E-state index in [1.165, 1.54) is 12.8 Å². The Hall–Kier alpha value is -3.34. The van der Waals surface area contributed by atoms with Crippen LogP contribution < -0.4 is 19.5 Å². The van der Waals surface area contributed by atoms with Crippen LogP contribution in [0.2, 0.25) is 0 Å². The molecule has 0 amide bonds. The van der Waals surface area contributed by atoms with Gasteiger partial charge in [-0.3, -0.25) is 4.90 Å². The molecule has 4 atom stereocenters. The van der Waals surface area contributed by atoms with E-state index in [0.717, 1.165) is 71.9 Å². The number of nitrogens with zero attached hydrogens (tertiary/aromatic N) is 1. The normalized spacial score (nSPS) is 21.4. The molecular formula is C36H47N3O6. The van der Waals surface area contributed by atoms with Crippen LogP contribution in [0.5, 0.6) is 17.2 Å². The molecule has 2 aliphatic rings. The monoisotopic (exact) mass is 617 g/mol. The fourth-order valence-electron chi connectivity index (χ4n) is 6.81. The lowest BCUT2D eigenvalue weighted by molar-refractivity contribution is -0.0316. The number of H-pyrrole nitrogens is 1. The SMILES string of the molecule is COc1cc(CCO[C@H]2CCCC[C@@H]2N2CC[C@H](O)C2)ccc1OCCNCC(O)COc1cccc2[nH]c3ccccc3c12. The van der Waals surface area contributed by atoms with Crippen LogP contribution in [0.25, 0.3) is 21.8 Å². The number of ether oxygens (including phenoxy) is 4. The molecule has 0 radical (unpaired) electrons. The van der Waals surface area contributed by atoms with Gasteiger partial charge >= 0.3 is 0 Å². The number of benzene rings is 3. The van der Waals surface area contributed by atoms with E-state index >= 15 is 0 Å². The molecule has 1 saturated heterocycles. The standard InChI is InChI=1S/C36H47N3O6/c1-42-35-21-25(16-19-43-32-11-5-4-10-31(32)39-18-15-26(40)23-39)13-14-33(35)44-20-17-37-22-27(41)24-45-34-12-6-9-30-36(34)28-7-2-3-8-29(28)38-30/h2-3,6-9,12-14,21,26-27,31-32,37-38,40-41H,4-5,10-11,15-20,22-24H2,1H3/t26-,27?,31-,32-/m0/s1. The maximum absolute atomic E-state index is 10.5. The third-order valence-electron chi connectivity index (χ3n) is 9.12. The van der Waals surface area contributed by atoms with Crippen molar-refractivity contribution in [2.45, 2.75) is 62.9 Å². The third-order valence-corrected chi connectivity index (χ3v) is 9.12. The van der Waals surface area contributed by atoms with Crippen molar-refractivity contribution in [3.8, 4) is 17.2 Å². The zero-order chi connectivity index (χ0) is 31.0. The van der Waals surface area contributed by atoms with Crippen molar-refractivity contribution in [2.75, 3.05) is 53.1 Å². The molecule has 3 aromatic carbocycles. The summed E-state index contributed by atoms with van der Waals surface area (Å²) in [5.41, 5.74) is 3.23. The van der Waals surface area contributed by atoms with E-state index in [1.54, 1.807) is 7.11 Å². The van der Waals surface area contributed by atoms with E-state index in [-0.39, 0.29) is 18.8 Å². The number of β-amino-alcohol motifs (C(OH)–C–C–N with tert-alkyl or cyclic N) is 1. The first kappa shape index (κ1) is 31.6. The molecule has 1 aliphatic heterocycles. The van der Waals surface area contributed by atoms with Crippen LogP contribution in [0.4, 0.5) is 0 Å². The maximum atomic E-state index is 10.5. The zero-order valence-electron chi connectivity index (χ0n) is 26.2. The molecule has 0 bridgehead atoms. The molecule has 1 aliphatic carbocycles. The van der Waals surface area contributed by atoms with Crippen LogP contribution in [-0.2, 0) is 11.2 Å². The lowest BCUT2D eigenvalue weighted by Gasteiger charge is -2.37. The van der Waals surface area contributed by atoms with Crippen LogP contribution in [0.15, 0.2) is 60.7 Å². The molecule has 2 heterocycles. The van der Waals surface area contributed by atoms with Crippen molar-refractivity contribution < 1.29 is 29.2 Å². The van der Waals surface area contributed by atoms with E-state index in [0.29, 0.717) is 43.8 Å². The fraction of sp³-hybridized carbons (Fsp3) is 0.500. The highest BCUT2D eigenvalue weighted by Crippen LogP contribution is 2.33. The molecular weight excluding hydrogens is 570 g/mol. The lowest BCUT2D eigenvalue weighted by atomic mass is 9.91. The van der Waals surface area contributed by atoms with Crippen molar-refractivity contribution in [3.63, 3.8) is 0 Å². The zero-order valence-corrected chi connectivity index (χ0v) is 26.2. The lowest BCUT2D eigenvalue weighted by Crippen LogP contribution is -2.46. The predicted octanol–water partition coefficient (Wildman–Crippen LogP) is 4.67. The van der Waals surface area contributed by atoms with Crippen molar-refractivity contribution in [2.24, 2.45) is 0 Å². The minimum atomic E-state index is -0.660. The Labute approximate surface area is 265 Å². The summed E-state index contributed by atoms with van der Waals surface area (Å²) in [6, 6.07) is 20.6. The summed E-state index contributed by atoms with van der Waals surface area (Å²) in [4.78, 5) is 5.85. The Morgan fingerprint density at radius 3 is 2.67 bits per heavy atom. The first-order valence-corrected chi connectivity index (χ1v) is 16.4. The van der Waals surface area contributed by atoms with Gasteiger partial charge < -0.3 is 39.5 Å². The number of fused-ring (bicyclic) bond motifs is 3. The molecule has 2 fully saturated rings. The number of aromatic amines is 1. The molecule has 9 heteroatoms. The quantitative estimate of drug-likeness (QED) is 0.143. The van der Waals surface area contributed by atoms with Crippen molar-refractivity contribution in [1.82, 2.24) is 15.2 Å². The van der Waals surface area contributed by atoms with E-state index in [4.69, 9.17) is 18.9 Å². The largest absolute Gasteiger partial charge is 0.493 e. The van der Waals surface area contributed by atoms with Gasteiger partial charge in [-0.05, 0) is 61.6 Å². The summed E-state index contributed by atoms with van der Waals surface area (Å²) in [6.07, 6.45) is 5.75. The average Bonchev–Trinajstić information content (AvgIpc) is 3.68. The van der Waals surface area contributed by atoms with E-state index in [2.05, 4.69) is 33.4 Å². The number of aliphatic hydroxyl groups is 2. The van der Waals surface area contributed by atoms with Gasteiger partial charge in [0.15, 0.2) is 11.5 Å². The molecule has 4 N–H and O–H groups in total. The Morgan fingerprint density at radius 2 is 1.80 bits per heavy atom. The topological polar surface area (TPSA) is 108 Å². The molecule has 242 valence electrons. The Bertz CT molecular complexity index is 1530. The fourth-order valence-corrected chi connectivity index (χ4v) is 6.81. The van der Waals surface area contributed by atoms with Gasteiger partial charge in [-0.1, -0.05) is 43.2 Å². The molecule has 45 heavy (non-hydrogen) atoms. The first-order chi connectivity index (χ1) is 22.1. The second kappa shape index (κ2) is 15.3. The second-order valence-electron chi connectivity index (χ2n) is 12.3. The number of rotatable bonds is 15. The highest BCUT2D eigenvalue weighted by atomic mass is 16.5. The Balaban J connectivity index is 0.910. The molecule has 1 unspecified atom stereocenters. The number of hydrogen-bond acceptors (Lipinski definition) is 8. The van der Waals surface area contributed by atoms with Crippen LogP contribution in [-0.4, -0.2) is 97.6 Å². The van der Waals surface area contributed by atoms with Gasteiger partial charge in [0.05, 0.1) is 31.4 Å². The van der Waals surface area contributed by atoms with Gasteiger partial charge in [0.2, 0.25) is 0 Å². The molecule has 9 nitrogen and oxygen atoms in total. The minimum absolute atomic E-state index is 0.189. The van der Waals surface area contributed by atoms with Gasteiger partial charge in [0, 0.05) is 48.5 Å². The molecule has 1 saturated carbocycles. The smallest absolute Gasteiger partial charge is 0.161 e. The van der Waals surface area contributed by atoms with E-state index in [9.17, 15) is 10.2 Å². The molecule has 4 aromatic rings. The summed E-state index contributed by atoms with van der Waals surface area (Å²) in [5, 5.41) is 25.9. The van der Waals surface area contributed by atoms with Crippen LogP contribution in [0.3, 0.4) is 0 Å². The number of nitrogens with one attached hydrogen (secondary N) is 2. The summed E-state index contributed by atoms with van der Waals surface area (Å²) in [5.74, 6) is 2.16. The number of aliphatic hydroxyl groups excluding tert-OH is 2. The molecule has 0 spiro atoms.